The normalized spacial score (nSPS) is 19.5. The molecule has 1 saturated heterocycles. The van der Waals surface area contributed by atoms with Crippen LogP contribution in [0.4, 0.5) is 5.13 Å². The van der Waals surface area contributed by atoms with E-state index in [1.807, 2.05) is 11.3 Å². The summed E-state index contributed by atoms with van der Waals surface area (Å²) < 4.78 is 5.53. The smallest absolute Gasteiger partial charge is 0.186 e. The Hall–Kier alpha value is -0.650. The molecule has 4 nitrogen and oxygen atoms in total. The molecule has 2 rings (SSSR count). The Kier molecular flexibility index (Phi) is 6.45. The Morgan fingerprint density at radius 2 is 2.29 bits per heavy atom. The molecular formula is C16H29N3OS. The molecule has 0 aliphatic carbocycles. The molecule has 0 saturated carbocycles. The summed E-state index contributed by atoms with van der Waals surface area (Å²) in [7, 11) is 0. The number of aromatic nitrogens is 1. The first-order valence-corrected chi connectivity index (χ1v) is 8.97. The minimum absolute atomic E-state index is 0.427. The SMILES string of the molecule is CCCc1nc(N2CCOCC2C)sc1CNCC(C)C. The van der Waals surface area contributed by atoms with E-state index in [-0.39, 0.29) is 0 Å². The first kappa shape index (κ1) is 16.7. The first-order valence-electron chi connectivity index (χ1n) is 8.15. The molecule has 1 fully saturated rings. The number of nitrogens with one attached hydrogen (secondary N) is 1. The maximum absolute atomic E-state index is 5.53. The van der Waals surface area contributed by atoms with Crippen LogP contribution in [-0.4, -0.2) is 37.3 Å². The lowest BCUT2D eigenvalue weighted by Crippen LogP contribution is -2.43. The quantitative estimate of drug-likeness (QED) is 0.840. The minimum Gasteiger partial charge on any atom is -0.377 e. The highest BCUT2D eigenvalue weighted by Crippen LogP contribution is 2.29. The summed E-state index contributed by atoms with van der Waals surface area (Å²) in [4.78, 5) is 8.73. The third-order valence-corrected chi connectivity index (χ3v) is 4.84. The highest BCUT2D eigenvalue weighted by molar-refractivity contribution is 7.15. The average molecular weight is 311 g/mol. The van der Waals surface area contributed by atoms with E-state index >= 15 is 0 Å². The van der Waals surface area contributed by atoms with E-state index in [9.17, 15) is 0 Å². The predicted molar refractivity (Wildman–Crippen MR) is 90.3 cm³/mol. The lowest BCUT2D eigenvalue weighted by atomic mass is 10.2. The van der Waals surface area contributed by atoms with Crippen LogP contribution in [0.25, 0.3) is 0 Å². The number of morpholine rings is 1. The molecule has 5 heteroatoms. The second-order valence-electron chi connectivity index (χ2n) is 6.26. The molecule has 0 radical (unpaired) electrons. The van der Waals surface area contributed by atoms with Crippen molar-refractivity contribution < 1.29 is 4.74 Å². The molecule has 0 bridgehead atoms. The molecular weight excluding hydrogens is 282 g/mol. The number of aryl methyl sites for hydroxylation is 1. The van der Waals surface area contributed by atoms with Crippen LogP contribution >= 0.6 is 11.3 Å². The van der Waals surface area contributed by atoms with E-state index in [0.717, 1.165) is 45.7 Å². The van der Waals surface area contributed by atoms with Crippen LogP contribution in [0.1, 0.15) is 44.7 Å². The Balaban J connectivity index is 2.08. The summed E-state index contributed by atoms with van der Waals surface area (Å²) >= 11 is 1.86. The maximum Gasteiger partial charge on any atom is 0.186 e. The van der Waals surface area contributed by atoms with Gasteiger partial charge in [0.15, 0.2) is 5.13 Å². The zero-order valence-corrected chi connectivity index (χ0v) is 14.6. The third-order valence-electron chi connectivity index (χ3n) is 3.71. The standard InChI is InChI=1S/C16H29N3OS/c1-5-6-14-15(10-17-9-12(2)3)21-16(18-14)19-7-8-20-11-13(19)4/h12-13,17H,5-11H2,1-4H3. The van der Waals surface area contributed by atoms with Gasteiger partial charge in [-0.25, -0.2) is 4.98 Å². The van der Waals surface area contributed by atoms with Crippen molar-refractivity contribution in [3.05, 3.63) is 10.6 Å². The number of rotatable bonds is 7. The van der Waals surface area contributed by atoms with Crippen molar-refractivity contribution in [2.45, 2.75) is 53.1 Å². The fourth-order valence-corrected chi connectivity index (χ4v) is 3.75. The average Bonchev–Trinajstić information content (AvgIpc) is 2.82. The Morgan fingerprint density at radius 3 is 2.95 bits per heavy atom. The topological polar surface area (TPSA) is 37.4 Å². The van der Waals surface area contributed by atoms with Crippen molar-refractivity contribution in [3.63, 3.8) is 0 Å². The summed E-state index contributed by atoms with van der Waals surface area (Å²) in [6.45, 7) is 13.5. The van der Waals surface area contributed by atoms with Gasteiger partial charge in [-0.15, -0.1) is 11.3 Å². The molecule has 1 aliphatic rings. The second kappa shape index (κ2) is 8.11. The molecule has 1 aliphatic heterocycles. The molecule has 1 atom stereocenters. The number of anilines is 1. The van der Waals surface area contributed by atoms with Gasteiger partial charge in [-0.1, -0.05) is 27.2 Å². The van der Waals surface area contributed by atoms with E-state index in [4.69, 9.17) is 9.72 Å². The molecule has 1 aromatic heterocycles. The van der Waals surface area contributed by atoms with Crippen LogP contribution < -0.4 is 10.2 Å². The van der Waals surface area contributed by atoms with E-state index < -0.39 is 0 Å². The van der Waals surface area contributed by atoms with Crippen molar-refractivity contribution in [3.8, 4) is 0 Å². The predicted octanol–water partition coefficient (Wildman–Crippen LogP) is 3.07. The summed E-state index contributed by atoms with van der Waals surface area (Å²) in [5, 5.41) is 4.73. The number of hydrogen-bond acceptors (Lipinski definition) is 5. The highest BCUT2D eigenvalue weighted by atomic mass is 32.1. The number of hydrogen-bond donors (Lipinski definition) is 1. The van der Waals surface area contributed by atoms with Crippen LogP contribution in [0.3, 0.4) is 0 Å². The van der Waals surface area contributed by atoms with Crippen LogP contribution in [0.5, 0.6) is 0 Å². The number of thiazole rings is 1. The third kappa shape index (κ3) is 4.66. The van der Waals surface area contributed by atoms with Gasteiger partial charge in [0.05, 0.1) is 24.9 Å². The van der Waals surface area contributed by atoms with Crippen LogP contribution in [0, 0.1) is 5.92 Å². The molecule has 0 amide bonds. The highest BCUT2D eigenvalue weighted by Gasteiger charge is 2.23. The summed E-state index contributed by atoms with van der Waals surface area (Å²) in [5.74, 6) is 0.686. The van der Waals surface area contributed by atoms with Gasteiger partial charge < -0.3 is 15.0 Å². The molecule has 21 heavy (non-hydrogen) atoms. The molecule has 0 aromatic carbocycles. The molecule has 1 aromatic rings. The maximum atomic E-state index is 5.53. The van der Waals surface area contributed by atoms with Crippen molar-refractivity contribution in [1.29, 1.82) is 0 Å². The molecule has 1 unspecified atom stereocenters. The lowest BCUT2D eigenvalue weighted by molar-refractivity contribution is 0.0989. The van der Waals surface area contributed by atoms with Gasteiger partial charge in [0.25, 0.3) is 0 Å². The largest absolute Gasteiger partial charge is 0.377 e. The van der Waals surface area contributed by atoms with Gasteiger partial charge in [-0.05, 0) is 25.8 Å². The van der Waals surface area contributed by atoms with E-state index in [2.05, 4.69) is 37.9 Å². The first-order chi connectivity index (χ1) is 10.1. The van der Waals surface area contributed by atoms with Gasteiger partial charge in [0.2, 0.25) is 0 Å². The van der Waals surface area contributed by atoms with Gasteiger partial charge in [-0.3, -0.25) is 0 Å². The number of ether oxygens (including phenoxy) is 1. The molecule has 120 valence electrons. The zero-order valence-electron chi connectivity index (χ0n) is 13.8. The van der Waals surface area contributed by atoms with Gasteiger partial charge in [0.1, 0.15) is 0 Å². The molecule has 1 N–H and O–H groups in total. The summed E-state index contributed by atoms with van der Waals surface area (Å²) in [5.41, 5.74) is 1.28. The van der Waals surface area contributed by atoms with Crippen LogP contribution in [0.2, 0.25) is 0 Å². The fourth-order valence-electron chi connectivity index (χ4n) is 2.55. The monoisotopic (exact) mass is 311 g/mol. The lowest BCUT2D eigenvalue weighted by Gasteiger charge is -2.32. The Labute approximate surface area is 132 Å². The van der Waals surface area contributed by atoms with Crippen molar-refractivity contribution in [2.75, 3.05) is 31.2 Å². The molecule has 2 heterocycles. The Morgan fingerprint density at radius 1 is 1.48 bits per heavy atom. The Bertz CT molecular complexity index is 433. The van der Waals surface area contributed by atoms with Gasteiger partial charge >= 0.3 is 0 Å². The zero-order chi connectivity index (χ0) is 15.2. The van der Waals surface area contributed by atoms with E-state index in [1.54, 1.807) is 0 Å². The van der Waals surface area contributed by atoms with Gasteiger partial charge in [-0.2, -0.15) is 0 Å². The van der Waals surface area contributed by atoms with Gasteiger partial charge in [0, 0.05) is 18.0 Å². The van der Waals surface area contributed by atoms with Crippen molar-refractivity contribution in [2.24, 2.45) is 5.92 Å². The summed E-state index contributed by atoms with van der Waals surface area (Å²) in [6, 6.07) is 0.427. The second-order valence-corrected chi connectivity index (χ2v) is 7.32. The fraction of sp³-hybridized carbons (Fsp3) is 0.812. The summed E-state index contributed by atoms with van der Waals surface area (Å²) in [6.07, 6.45) is 2.23. The van der Waals surface area contributed by atoms with Crippen LogP contribution in [-0.2, 0) is 17.7 Å². The molecule has 0 spiro atoms. The van der Waals surface area contributed by atoms with E-state index in [0.29, 0.717) is 12.0 Å². The van der Waals surface area contributed by atoms with Crippen molar-refractivity contribution >= 4 is 16.5 Å². The number of nitrogens with zero attached hydrogens (tertiary/aromatic N) is 2. The minimum atomic E-state index is 0.427. The van der Waals surface area contributed by atoms with Crippen LogP contribution in [0.15, 0.2) is 0 Å². The van der Waals surface area contributed by atoms with E-state index in [1.165, 1.54) is 15.7 Å². The van der Waals surface area contributed by atoms with Crippen molar-refractivity contribution in [1.82, 2.24) is 10.3 Å².